The Hall–Kier alpha value is -0.280. The van der Waals surface area contributed by atoms with Gasteiger partial charge in [-0.2, -0.15) is 0 Å². The molecule has 0 bridgehead atoms. The summed E-state index contributed by atoms with van der Waals surface area (Å²) in [6, 6.07) is 7.92. The summed E-state index contributed by atoms with van der Waals surface area (Å²) < 4.78 is 1.21. The molecule has 0 saturated heterocycles. The van der Waals surface area contributed by atoms with E-state index in [-0.39, 0.29) is 4.75 Å². The Morgan fingerprint density at radius 1 is 1.25 bits per heavy atom. The Morgan fingerprint density at radius 3 is 2.31 bits per heavy atom. The number of rotatable bonds is 4. The standard InChI is InChI=1S/C13H17BrOS/c1-13(2,3)16-9-12(15)8-10-4-6-11(14)7-5-10/h4-7H,8-9H2,1-3H3. The van der Waals surface area contributed by atoms with Crippen LogP contribution in [-0.2, 0) is 11.2 Å². The van der Waals surface area contributed by atoms with E-state index >= 15 is 0 Å². The number of carbonyl (C=O) groups excluding carboxylic acids is 1. The molecule has 1 aromatic carbocycles. The first-order valence-electron chi connectivity index (χ1n) is 5.27. The van der Waals surface area contributed by atoms with Crippen molar-refractivity contribution >= 4 is 33.5 Å². The zero-order valence-corrected chi connectivity index (χ0v) is 12.3. The van der Waals surface area contributed by atoms with Gasteiger partial charge < -0.3 is 0 Å². The van der Waals surface area contributed by atoms with Crippen molar-refractivity contribution in [1.29, 1.82) is 0 Å². The van der Waals surface area contributed by atoms with Crippen molar-refractivity contribution in [3.63, 3.8) is 0 Å². The molecule has 0 aliphatic carbocycles. The third kappa shape index (κ3) is 5.71. The van der Waals surface area contributed by atoms with E-state index in [9.17, 15) is 4.79 Å². The van der Waals surface area contributed by atoms with Crippen molar-refractivity contribution < 1.29 is 4.79 Å². The van der Waals surface area contributed by atoms with E-state index in [2.05, 4.69) is 36.7 Å². The molecule has 0 N–H and O–H groups in total. The lowest BCUT2D eigenvalue weighted by atomic mass is 10.1. The van der Waals surface area contributed by atoms with Gasteiger partial charge in [0.1, 0.15) is 5.78 Å². The van der Waals surface area contributed by atoms with Gasteiger partial charge in [-0.15, -0.1) is 11.8 Å². The highest BCUT2D eigenvalue weighted by atomic mass is 79.9. The van der Waals surface area contributed by atoms with Crippen LogP contribution in [0.3, 0.4) is 0 Å². The van der Waals surface area contributed by atoms with E-state index < -0.39 is 0 Å². The van der Waals surface area contributed by atoms with E-state index in [0.29, 0.717) is 18.0 Å². The Balaban J connectivity index is 2.43. The minimum atomic E-state index is 0.162. The minimum Gasteiger partial charge on any atom is -0.298 e. The van der Waals surface area contributed by atoms with Crippen LogP contribution in [0.1, 0.15) is 26.3 Å². The van der Waals surface area contributed by atoms with E-state index in [1.54, 1.807) is 11.8 Å². The molecule has 88 valence electrons. The lowest BCUT2D eigenvalue weighted by molar-refractivity contribution is -0.116. The van der Waals surface area contributed by atoms with Gasteiger partial charge in [0.05, 0.1) is 5.75 Å². The Bertz CT molecular complexity index is 351. The van der Waals surface area contributed by atoms with Crippen molar-refractivity contribution in [3.05, 3.63) is 34.3 Å². The van der Waals surface area contributed by atoms with Gasteiger partial charge in [-0.05, 0) is 17.7 Å². The molecule has 1 rings (SSSR count). The summed E-state index contributed by atoms with van der Waals surface area (Å²) in [6.45, 7) is 6.39. The maximum absolute atomic E-state index is 11.7. The zero-order chi connectivity index (χ0) is 12.2. The molecule has 0 aromatic heterocycles. The van der Waals surface area contributed by atoms with Gasteiger partial charge in [-0.1, -0.05) is 48.8 Å². The maximum Gasteiger partial charge on any atom is 0.147 e. The average Bonchev–Trinajstić information content (AvgIpc) is 2.18. The second-order valence-corrected chi connectivity index (χ2v) is 7.46. The summed E-state index contributed by atoms with van der Waals surface area (Å²) >= 11 is 5.08. The predicted molar refractivity (Wildman–Crippen MR) is 75.1 cm³/mol. The number of Topliss-reactive ketones (excluding diaryl/α,β-unsaturated/α-hetero) is 1. The van der Waals surface area contributed by atoms with Crippen molar-refractivity contribution in [2.24, 2.45) is 0 Å². The molecule has 1 nitrogen and oxygen atoms in total. The number of benzene rings is 1. The summed E-state index contributed by atoms with van der Waals surface area (Å²) in [5, 5.41) is 0. The highest BCUT2D eigenvalue weighted by molar-refractivity contribution is 9.10. The van der Waals surface area contributed by atoms with Gasteiger partial charge in [-0.25, -0.2) is 0 Å². The molecule has 0 spiro atoms. The fourth-order valence-corrected chi connectivity index (χ4v) is 2.14. The van der Waals surface area contributed by atoms with E-state index in [1.807, 2.05) is 24.3 Å². The highest BCUT2D eigenvalue weighted by Gasteiger charge is 2.13. The molecule has 0 heterocycles. The number of carbonyl (C=O) groups is 1. The van der Waals surface area contributed by atoms with Gasteiger partial charge in [0, 0.05) is 15.6 Å². The summed E-state index contributed by atoms with van der Waals surface area (Å²) in [5.41, 5.74) is 1.09. The highest BCUT2D eigenvalue weighted by Crippen LogP contribution is 2.23. The van der Waals surface area contributed by atoms with Crippen LogP contribution < -0.4 is 0 Å². The van der Waals surface area contributed by atoms with Gasteiger partial charge in [0.15, 0.2) is 0 Å². The number of ketones is 1. The van der Waals surface area contributed by atoms with Crippen LogP contribution in [0.4, 0.5) is 0 Å². The first kappa shape index (κ1) is 13.8. The second-order valence-electron chi connectivity index (χ2n) is 4.74. The first-order valence-corrected chi connectivity index (χ1v) is 7.05. The molecule has 0 radical (unpaired) electrons. The summed E-state index contributed by atoms with van der Waals surface area (Å²) in [7, 11) is 0. The third-order valence-corrected chi connectivity index (χ3v) is 3.84. The van der Waals surface area contributed by atoms with Crippen LogP contribution in [0.15, 0.2) is 28.7 Å². The molecule has 0 saturated carbocycles. The molecule has 0 fully saturated rings. The molecule has 0 atom stereocenters. The second kappa shape index (κ2) is 5.87. The molecule has 0 aliphatic heterocycles. The molecule has 0 unspecified atom stereocenters. The van der Waals surface area contributed by atoms with Gasteiger partial charge in [0.25, 0.3) is 0 Å². The molecule has 0 amide bonds. The fraction of sp³-hybridized carbons (Fsp3) is 0.462. The van der Waals surface area contributed by atoms with Gasteiger partial charge in [-0.3, -0.25) is 4.79 Å². The molecule has 3 heteroatoms. The summed E-state index contributed by atoms with van der Waals surface area (Å²) in [6.07, 6.45) is 0.538. The number of halogens is 1. The van der Waals surface area contributed by atoms with Crippen LogP contribution in [0, 0.1) is 0 Å². The van der Waals surface area contributed by atoms with Crippen molar-refractivity contribution in [2.75, 3.05) is 5.75 Å². The SMILES string of the molecule is CC(C)(C)SCC(=O)Cc1ccc(Br)cc1. The monoisotopic (exact) mass is 300 g/mol. The lowest BCUT2D eigenvalue weighted by Gasteiger charge is -2.16. The smallest absolute Gasteiger partial charge is 0.147 e. The minimum absolute atomic E-state index is 0.162. The Morgan fingerprint density at radius 2 is 1.81 bits per heavy atom. The van der Waals surface area contributed by atoms with Gasteiger partial charge in [0.2, 0.25) is 0 Å². The fourth-order valence-electron chi connectivity index (χ4n) is 1.18. The van der Waals surface area contributed by atoms with E-state index in [0.717, 1.165) is 10.0 Å². The average molecular weight is 301 g/mol. The summed E-state index contributed by atoms with van der Waals surface area (Å²) in [5.74, 6) is 0.891. The maximum atomic E-state index is 11.7. The van der Waals surface area contributed by atoms with Crippen LogP contribution in [-0.4, -0.2) is 16.3 Å². The normalized spacial score (nSPS) is 11.5. The number of hydrogen-bond acceptors (Lipinski definition) is 2. The van der Waals surface area contributed by atoms with E-state index in [4.69, 9.17) is 0 Å². The molecule has 0 aliphatic rings. The van der Waals surface area contributed by atoms with Crippen molar-refractivity contribution in [3.8, 4) is 0 Å². The van der Waals surface area contributed by atoms with Crippen molar-refractivity contribution in [2.45, 2.75) is 31.9 Å². The predicted octanol–water partition coefficient (Wildman–Crippen LogP) is 4.09. The van der Waals surface area contributed by atoms with Crippen molar-refractivity contribution in [1.82, 2.24) is 0 Å². The van der Waals surface area contributed by atoms with Crippen LogP contribution >= 0.6 is 27.7 Å². The first-order chi connectivity index (χ1) is 7.37. The summed E-state index contributed by atoms with van der Waals surface area (Å²) in [4.78, 5) is 11.7. The molecular formula is C13H17BrOS. The largest absolute Gasteiger partial charge is 0.298 e. The Kier molecular flexibility index (Phi) is 5.06. The third-order valence-electron chi connectivity index (χ3n) is 1.98. The quantitative estimate of drug-likeness (QED) is 0.833. The van der Waals surface area contributed by atoms with Crippen LogP contribution in [0.2, 0.25) is 0 Å². The topological polar surface area (TPSA) is 17.1 Å². The Labute approximate surface area is 110 Å². The van der Waals surface area contributed by atoms with E-state index in [1.165, 1.54) is 0 Å². The zero-order valence-electron chi connectivity index (χ0n) is 9.92. The molecular weight excluding hydrogens is 284 g/mol. The van der Waals surface area contributed by atoms with Crippen LogP contribution in [0.25, 0.3) is 0 Å². The number of thioether (sulfide) groups is 1. The van der Waals surface area contributed by atoms with Gasteiger partial charge >= 0.3 is 0 Å². The molecule has 1 aromatic rings. The lowest BCUT2D eigenvalue weighted by Crippen LogP contribution is -2.14. The van der Waals surface area contributed by atoms with Crippen LogP contribution in [0.5, 0.6) is 0 Å². The number of hydrogen-bond donors (Lipinski definition) is 0. The molecule has 16 heavy (non-hydrogen) atoms.